The summed E-state index contributed by atoms with van der Waals surface area (Å²) >= 11 is 0. The highest BCUT2D eigenvalue weighted by Crippen LogP contribution is 2.26. The Morgan fingerprint density at radius 2 is 1.80 bits per heavy atom. The standard InChI is InChI=1S/C18H20N6O/c1-2-6-15(7-3-1)14-24-18(20-21-22-24)17(16-8-4-5-9-19-16)23-10-12-25-13-11-23/h1-9,17H,10-14H2/t17-/m0/s1. The lowest BCUT2D eigenvalue weighted by atomic mass is 10.1. The second-order valence-corrected chi connectivity index (χ2v) is 5.99. The van der Waals surface area contributed by atoms with Gasteiger partial charge in [-0.1, -0.05) is 36.4 Å². The lowest BCUT2D eigenvalue weighted by molar-refractivity contribution is 0.0209. The molecular weight excluding hydrogens is 316 g/mol. The number of morpholine rings is 1. The van der Waals surface area contributed by atoms with Crippen LogP contribution in [0.1, 0.15) is 23.1 Å². The van der Waals surface area contributed by atoms with Gasteiger partial charge in [0.25, 0.3) is 0 Å². The Balaban J connectivity index is 1.69. The van der Waals surface area contributed by atoms with Crippen LogP contribution in [0.5, 0.6) is 0 Å². The van der Waals surface area contributed by atoms with Crippen molar-refractivity contribution in [3.63, 3.8) is 0 Å². The van der Waals surface area contributed by atoms with Gasteiger partial charge in [0.15, 0.2) is 5.82 Å². The molecular formula is C18H20N6O. The average molecular weight is 336 g/mol. The first-order chi connectivity index (χ1) is 12.4. The van der Waals surface area contributed by atoms with Gasteiger partial charge in [0.1, 0.15) is 6.04 Å². The Morgan fingerprint density at radius 1 is 1.00 bits per heavy atom. The highest BCUT2D eigenvalue weighted by molar-refractivity contribution is 5.19. The van der Waals surface area contributed by atoms with Crippen LogP contribution in [-0.2, 0) is 11.3 Å². The average Bonchev–Trinajstić information content (AvgIpc) is 3.12. The Morgan fingerprint density at radius 3 is 2.56 bits per heavy atom. The van der Waals surface area contributed by atoms with Crippen molar-refractivity contribution in [2.75, 3.05) is 26.3 Å². The number of pyridine rings is 1. The van der Waals surface area contributed by atoms with Crippen molar-refractivity contribution in [3.05, 3.63) is 71.8 Å². The maximum atomic E-state index is 5.51. The molecule has 1 aliphatic heterocycles. The Bertz CT molecular complexity index is 786. The molecule has 0 N–H and O–H groups in total. The van der Waals surface area contributed by atoms with Crippen LogP contribution in [0.2, 0.25) is 0 Å². The zero-order valence-corrected chi connectivity index (χ0v) is 13.9. The Hall–Kier alpha value is -2.64. The van der Waals surface area contributed by atoms with E-state index in [4.69, 9.17) is 4.74 Å². The quantitative estimate of drug-likeness (QED) is 0.704. The van der Waals surface area contributed by atoms with Gasteiger partial charge in [-0.3, -0.25) is 9.88 Å². The smallest absolute Gasteiger partial charge is 0.174 e. The fraction of sp³-hybridized carbons (Fsp3) is 0.333. The first-order valence-corrected chi connectivity index (χ1v) is 8.44. The minimum atomic E-state index is -0.0798. The van der Waals surface area contributed by atoms with E-state index < -0.39 is 0 Å². The predicted molar refractivity (Wildman–Crippen MR) is 91.8 cm³/mol. The van der Waals surface area contributed by atoms with E-state index in [-0.39, 0.29) is 6.04 Å². The fourth-order valence-electron chi connectivity index (χ4n) is 3.13. The summed E-state index contributed by atoms with van der Waals surface area (Å²) in [7, 11) is 0. The highest BCUT2D eigenvalue weighted by Gasteiger charge is 2.30. The summed E-state index contributed by atoms with van der Waals surface area (Å²) in [6, 6.07) is 16.1. The van der Waals surface area contributed by atoms with Gasteiger partial charge in [0.05, 0.1) is 25.5 Å². The molecule has 4 rings (SSSR count). The number of benzene rings is 1. The normalized spacial score (nSPS) is 16.6. The second kappa shape index (κ2) is 7.50. The van der Waals surface area contributed by atoms with Crippen molar-refractivity contribution in [1.29, 1.82) is 0 Å². The zero-order valence-electron chi connectivity index (χ0n) is 13.9. The summed E-state index contributed by atoms with van der Waals surface area (Å²) in [5, 5.41) is 12.5. The minimum Gasteiger partial charge on any atom is -0.379 e. The summed E-state index contributed by atoms with van der Waals surface area (Å²) in [5.41, 5.74) is 2.12. The molecule has 1 saturated heterocycles. The summed E-state index contributed by atoms with van der Waals surface area (Å²) in [6.07, 6.45) is 1.81. The summed E-state index contributed by atoms with van der Waals surface area (Å²) in [4.78, 5) is 6.90. The zero-order chi connectivity index (χ0) is 16.9. The molecule has 0 aliphatic carbocycles. The van der Waals surface area contributed by atoms with E-state index in [0.29, 0.717) is 19.8 Å². The van der Waals surface area contributed by atoms with Gasteiger partial charge in [0.2, 0.25) is 0 Å². The van der Waals surface area contributed by atoms with Crippen molar-refractivity contribution in [2.24, 2.45) is 0 Å². The van der Waals surface area contributed by atoms with Crippen molar-refractivity contribution in [2.45, 2.75) is 12.6 Å². The van der Waals surface area contributed by atoms with E-state index in [0.717, 1.165) is 30.2 Å². The van der Waals surface area contributed by atoms with Gasteiger partial charge in [0, 0.05) is 19.3 Å². The van der Waals surface area contributed by atoms with Gasteiger partial charge < -0.3 is 4.74 Å². The van der Waals surface area contributed by atoms with Crippen molar-refractivity contribution in [1.82, 2.24) is 30.1 Å². The van der Waals surface area contributed by atoms with Gasteiger partial charge in [-0.05, 0) is 28.1 Å². The number of rotatable bonds is 5. The predicted octanol–water partition coefficient (Wildman–Crippen LogP) is 1.54. The lowest BCUT2D eigenvalue weighted by Crippen LogP contribution is -2.41. The van der Waals surface area contributed by atoms with Crippen LogP contribution in [0.3, 0.4) is 0 Å². The lowest BCUT2D eigenvalue weighted by Gasteiger charge is -2.33. The second-order valence-electron chi connectivity index (χ2n) is 5.99. The first kappa shape index (κ1) is 15.9. The molecule has 0 amide bonds. The maximum absolute atomic E-state index is 5.51. The fourth-order valence-corrected chi connectivity index (χ4v) is 3.13. The third kappa shape index (κ3) is 3.57. The topological polar surface area (TPSA) is 69.0 Å². The molecule has 0 saturated carbocycles. The van der Waals surface area contributed by atoms with Gasteiger partial charge in [-0.2, -0.15) is 0 Å². The molecule has 1 aromatic carbocycles. The van der Waals surface area contributed by atoms with Crippen LogP contribution in [0.15, 0.2) is 54.7 Å². The van der Waals surface area contributed by atoms with Gasteiger partial charge in [-0.15, -0.1) is 5.10 Å². The van der Waals surface area contributed by atoms with E-state index in [2.05, 4.69) is 37.5 Å². The molecule has 1 fully saturated rings. The van der Waals surface area contributed by atoms with Crippen LogP contribution < -0.4 is 0 Å². The Kier molecular flexibility index (Phi) is 4.76. The monoisotopic (exact) mass is 336 g/mol. The molecule has 1 aliphatic rings. The van der Waals surface area contributed by atoms with E-state index in [1.165, 1.54) is 0 Å². The van der Waals surface area contributed by atoms with Crippen molar-refractivity contribution in [3.8, 4) is 0 Å². The van der Waals surface area contributed by atoms with Crippen LogP contribution in [0.4, 0.5) is 0 Å². The van der Waals surface area contributed by atoms with Gasteiger partial charge >= 0.3 is 0 Å². The summed E-state index contributed by atoms with van der Waals surface area (Å²) in [5.74, 6) is 0.810. The molecule has 25 heavy (non-hydrogen) atoms. The number of hydrogen-bond acceptors (Lipinski definition) is 6. The minimum absolute atomic E-state index is 0.0798. The van der Waals surface area contributed by atoms with E-state index in [9.17, 15) is 0 Å². The number of aromatic nitrogens is 5. The van der Waals surface area contributed by atoms with E-state index in [1.807, 2.05) is 47.3 Å². The van der Waals surface area contributed by atoms with Gasteiger partial charge in [-0.25, -0.2) is 4.68 Å². The number of hydrogen-bond donors (Lipinski definition) is 0. The van der Waals surface area contributed by atoms with Crippen LogP contribution in [0, 0.1) is 0 Å². The third-order valence-corrected chi connectivity index (χ3v) is 4.36. The summed E-state index contributed by atoms with van der Waals surface area (Å²) in [6.45, 7) is 3.73. The first-order valence-electron chi connectivity index (χ1n) is 8.44. The number of tetrazole rings is 1. The Labute approximate surface area is 146 Å². The largest absolute Gasteiger partial charge is 0.379 e. The van der Waals surface area contributed by atoms with Crippen LogP contribution >= 0.6 is 0 Å². The third-order valence-electron chi connectivity index (χ3n) is 4.36. The van der Waals surface area contributed by atoms with E-state index >= 15 is 0 Å². The molecule has 128 valence electrons. The number of nitrogens with zero attached hydrogens (tertiary/aromatic N) is 6. The van der Waals surface area contributed by atoms with Crippen molar-refractivity contribution >= 4 is 0 Å². The molecule has 0 unspecified atom stereocenters. The molecule has 3 heterocycles. The van der Waals surface area contributed by atoms with Crippen LogP contribution in [0.25, 0.3) is 0 Å². The summed E-state index contributed by atoms with van der Waals surface area (Å²) < 4.78 is 7.37. The molecule has 7 nitrogen and oxygen atoms in total. The molecule has 1 atom stereocenters. The SMILES string of the molecule is c1ccc(Cn2nnnc2[C@H](c2ccccn2)N2CCOCC2)cc1. The highest BCUT2D eigenvalue weighted by atomic mass is 16.5. The molecule has 0 radical (unpaired) electrons. The maximum Gasteiger partial charge on any atom is 0.174 e. The van der Waals surface area contributed by atoms with Crippen LogP contribution in [-0.4, -0.2) is 56.4 Å². The molecule has 2 aromatic heterocycles. The number of ether oxygens (including phenoxy) is 1. The molecule has 0 bridgehead atoms. The van der Waals surface area contributed by atoms with E-state index in [1.54, 1.807) is 0 Å². The molecule has 7 heteroatoms. The van der Waals surface area contributed by atoms with Crippen molar-refractivity contribution < 1.29 is 4.74 Å². The molecule has 3 aromatic rings. The molecule has 0 spiro atoms.